The lowest BCUT2D eigenvalue weighted by molar-refractivity contribution is 0.486. The molecule has 20 heavy (non-hydrogen) atoms. The summed E-state index contributed by atoms with van der Waals surface area (Å²) in [4.78, 5) is 8.05. The Morgan fingerprint density at radius 1 is 1.25 bits per heavy atom. The number of hydrogen-bond acceptors (Lipinski definition) is 4. The molecule has 0 radical (unpaired) electrons. The number of rotatable bonds is 3. The Morgan fingerprint density at radius 3 is 2.70 bits per heavy atom. The van der Waals surface area contributed by atoms with Gasteiger partial charge >= 0.3 is 0 Å². The highest BCUT2D eigenvalue weighted by Gasteiger charge is 2.21. The standard InChI is InChI=1S/C15H14FN3O/c1-9-12-5-11(16)3-4-13(12)20-15(9)14(17-2)10-6-18-8-19-7-10/h3-8,14,17H,1-2H3. The molecular formula is C15H14FN3O. The van der Waals surface area contributed by atoms with Gasteiger partial charge in [-0.25, -0.2) is 14.4 Å². The molecule has 102 valence electrons. The average molecular weight is 271 g/mol. The first-order valence-electron chi connectivity index (χ1n) is 6.31. The van der Waals surface area contributed by atoms with Gasteiger partial charge in [-0.05, 0) is 32.2 Å². The number of benzene rings is 1. The van der Waals surface area contributed by atoms with Crippen molar-refractivity contribution in [3.63, 3.8) is 0 Å². The van der Waals surface area contributed by atoms with Crippen LogP contribution in [0.3, 0.4) is 0 Å². The van der Waals surface area contributed by atoms with Crippen molar-refractivity contribution in [1.82, 2.24) is 15.3 Å². The summed E-state index contributed by atoms with van der Waals surface area (Å²) in [6.45, 7) is 1.93. The normalized spacial score (nSPS) is 12.8. The first-order valence-corrected chi connectivity index (χ1v) is 6.31. The van der Waals surface area contributed by atoms with Crippen LogP contribution >= 0.6 is 0 Å². The van der Waals surface area contributed by atoms with E-state index in [-0.39, 0.29) is 11.9 Å². The highest BCUT2D eigenvalue weighted by atomic mass is 19.1. The van der Waals surface area contributed by atoms with Crippen LogP contribution < -0.4 is 5.32 Å². The molecule has 4 nitrogen and oxygen atoms in total. The highest BCUT2D eigenvalue weighted by molar-refractivity contribution is 5.82. The van der Waals surface area contributed by atoms with Crippen LogP contribution in [0.5, 0.6) is 0 Å². The SMILES string of the molecule is CNC(c1cncnc1)c1oc2ccc(F)cc2c1C. The van der Waals surface area contributed by atoms with E-state index in [2.05, 4.69) is 15.3 Å². The average Bonchev–Trinajstić information content (AvgIpc) is 2.78. The summed E-state index contributed by atoms with van der Waals surface area (Å²) in [7, 11) is 1.84. The highest BCUT2D eigenvalue weighted by Crippen LogP contribution is 2.32. The Balaban J connectivity index is 2.15. The lowest BCUT2D eigenvalue weighted by atomic mass is 10.0. The molecule has 0 saturated heterocycles. The zero-order chi connectivity index (χ0) is 14.1. The van der Waals surface area contributed by atoms with Crippen molar-refractivity contribution in [2.24, 2.45) is 0 Å². The van der Waals surface area contributed by atoms with Crippen LogP contribution in [0.25, 0.3) is 11.0 Å². The van der Waals surface area contributed by atoms with Crippen LogP contribution in [0.2, 0.25) is 0 Å². The van der Waals surface area contributed by atoms with Crippen molar-refractivity contribution in [2.45, 2.75) is 13.0 Å². The summed E-state index contributed by atoms with van der Waals surface area (Å²) in [5.41, 5.74) is 2.50. The Bertz CT molecular complexity index is 739. The second-order valence-corrected chi connectivity index (χ2v) is 4.63. The fourth-order valence-corrected chi connectivity index (χ4v) is 2.40. The van der Waals surface area contributed by atoms with Gasteiger partial charge in [-0.1, -0.05) is 0 Å². The minimum absolute atomic E-state index is 0.160. The van der Waals surface area contributed by atoms with Crippen molar-refractivity contribution in [3.8, 4) is 0 Å². The molecule has 1 aromatic carbocycles. The molecule has 0 spiro atoms. The number of furan rings is 1. The maximum atomic E-state index is 13.4. The van der Waals surface area contributed by atoms with E-state index in [1.807, 2.05) is 14.0 Å². The smallest absolute Gasteiger partial charge is 0.134 e. The van der Waals surface area contributed by atoms with Crippen LogP contribution in [0.15, 0.2) is 41.3 Å². The predicted octanol–water partition coefficient (Wildman–Crippen LogP) is 2.98. The third-order valence-corrected chi connectivity index (χ3v) is 3.40. The minimum atomic E-state index is -0.267. The molecule has 0 fully saturated rings. The summed E-state index contributed by atoms with van der Waals surface area (Å²) in [5.74, 6) is 0.486. The molecule has 2 heterocycles. The second kappa shape index (κ2) is 5.02. The molecule has 0 amide bonds. The van der Waals surface area contributed by atoms with Gasteiger partial charge < -0.3 is 9.73 Å². The molecule has 2 aromatic heterocycles. The van der Waals surface area contributed by atoms with Gasteiger partial charge in [0.15, 0.2) is 0 Å². The third-order valence-electron chi connectivity index (χ3n) is 3.40. The summed E-state index contributed by atoms with van der Waals surface area (Å²) >= 11 is 0. The molecule has 0 saturated carbocycles. The van der Waals surface area contributed by atoms with Gasteiger partial charge in [-0.3, -0.25) is 0 Å². The molecule has 1 unspecified atom stereocenters. The summed E-state index contributed by atoms with van der Waals surface area (Å²) in [5, 5.41) is 3.97. The summed E-state index contributed by atoms with van der Waals surface area (Å²) in [6, 6.07) is 4.38. The number of hydrogen-bond donors (Lipinski definition) is 1. The molecule has 1 atom stereocenters. The number of nitrogens with one attached hydrogen (secondary N) is 1. The van der Waals surface area contributed by atoms with Crippen LogP contribution in [0.1, 0.15) is 22.9 Å². The fraction of sp³-hybridized carbons (Fsp3) is 0.200. The lowest BCUT2D eigenvalue weighted by Gasteiger charge is -2.14. The molecule has 5 heteroatoms. The fourth-order valence-electron chi connectivity index (χ4n) is 2.40. The molecule has 3 rings (SSSR count). The molecule has 0 aliphatic carbocycles. The summed E-state index contributed by atoms with van der Waals surface area (Å²) < 4.78 is 19.2. The van der Waals surface area contributed by atoms with E-state index in [9.17, 15) is 4.39 Å². The Morgan fingerprint density at radius 2 is 2.00 bits per heavy atom. The largest absolute Gasteiger partial charge is 0.459 e. The number of fused-ring (bicyclic) bond motifs is 1. The Labute approximate surface area is 115 Å². The number of aryl methyl sites for hydroxylation is 1. The van der Waals surface area contributed by atoms with E-state index >= 15 is 0 Å². The van der Waals surface area contributed by atoms with Gasteiger partial charge in [0.1, 0.15) is 23.5 Å². The van der Waals surface area contributed by atoms with Gasteiger partial charge in [-0.15, -0.1) is 0 Å². The monoisotopic (exact) mass is 271 g/mol. The summed E-state index contributed by atoms with van der Waals surface area (Å²) in [6.07, 6.45) is 4.96. The first kappa shape index (κ1) is 12.7. The van der Waals surface area contributed by atoms with E-state index < -0.39 is 0 Å². The van der Waals surface area contributed by atoms with Crippen LogP contribution in [0, 0.1) is 12.7 Å². The second-order valence-electron chi connectivity index (χ2n) is 4.63. The first-order chi connectivity index (χ1) is 9.70. The Kier molecular flexibility index (Phi) is 3.20. The van der Waals surface area contributed by atoms with Gasteiger partial charge in [0.2, 0.25) is 0 Å². The zero-order valence-corrected chi connectivity index (χ0v) is 11.2. The van der Waals surface area contributed by atoms with Gasteiger partial charge in [0.25, 0.3) is 0 Å². The molecule has 1 N–H and O–H groups in total. The number of aromatic nitrogens is 2. The van der Waals surface area contributed by atoms with Crippen LogP contribution in [-0.4, -0.2) is 17.0 Å². The quantitative estimate of drug-likeness (QED) is 0.795. The van der Waals surface area contributed by atoms with Crippen molar-refractivity contribution in [3.05, 3.63) is 59.6 Å². The van der Waals surface area contributed by atoms with Crippen molar-refractivity contribution < 1.29 is 8.81 Å². The third kappa shape index (κ3) is 2.06. The number of halogens is 1. The molecule has 0 aliphatic heterocycles. The molecule has 0 aliphatic rings. The lowest BCUT2D eigenvalue weighted by Crippen LogP contribution is -2.18. The maximum absolute atomic E-state index is 13.4. The van der Waals surface area contributed by atoms with E-state index in [4.69, 9.17) is 4.42 Å². The van der Waals surface area contributed by atoms with Gasteiger partial charge in [0.05, 0.1) is 6.04 Å². The minimum Gasteiger partial charge on any atom is -0.459 e. The van der Waals surface area contributed by atoms with E-state index in [1.54, 1.807) is 18.5 Å². The van der Waals surface area contributed by atoms with Crippen molar-refractivity contribution >= 4 is 11.0 Å². The topological polar surface area (TPSA) is 51.0 Å². The van der Waals surface area contributed by atoms with Crippen LogP contribution in [0.4, 0.5) is 4.39 Å². The molecule has 0 bridgehead atoms. The van der Waals surface area contributed by atoms with E-state index in [1.165, 1.54) is 18.5 Å². The van der Waals surface area contributed by atoms with E-state index in [0.29, 0.717) is 5.58 Å². The maximum Gasteiger partial charge on any atom is 0.134 e. The van der Waals surface area contributed by atoms with Crippen molar-refractivity contribution in [2.75, 3.05) is 7.05 Å². The Hall–Kier alpha value is -2.27. The predicted molar refractivity (Wildman–Crippen MR) is 73.8 cm³/mol. The molecular weight excluding hydrogens is 257 g/mol. The van der Waals surface area contributed by atoms with Crippen molar-refractivity contribution in [1.29, 1.82) is 0 Å². The van der Waals surface area contributed by atoms with Gasteiger partial charge in [-0.2, -0.15) is 0 Å². The molecule has 3 aromatic rings. The number of nitrogens with zero attached hydrogens (tertiary/aromatic N) is 2. The zero-order valence-electron chi connectivity index (χ0n) is 11.2. The van der Waals surface area contributed by atoms with Crippen LogP contribution in [-0.2, 0) is 0 Å². The van der Waals surface area contributed by atoms with Gasteiger partial charge in [0, 0.05) is 28.9 Å². The van der Waals surface area contributed by atoms with E-state index in [0.717, 1.165) is 22.3 Å².